The van der Waals surface area contributed by atoms with Crippen molar-refractivity contribution in [1.82, 2.24) is 0 Å². The maximum atomic E-state index is 10.6. The van der Waals surface area contributed by atoms with Crippen molar-refractivity contribution in [3.63, 3.8) is 0 Å². The van der Waals surface area contributed by atoms with Crippen molar-refractivity contribution in [2.45, 2.75) is 26.4 Å². The van der Waals surface area contributed by atoms with Gasteiger partial charge in [0.2, 0.25) is 0 Å². The van der Waals surface area contributed by atoms with Gasteiger partial charge in [-0.2, -0.15) is 0 Å². The average Bonchev–Trinajstić information content (AvgIpc) is 2.33. The molecule has 100 valence electrons. The normalized spacial score (nSPS) is 26.1. The number of benzene rings is 1. The number of ether oxygens (including phenoxy) is 1. The second-order valence-electron chi connectivity index (χ2n) is 5.07. The fourth-order valence-electron chi connectivity index (χ4n) is 2.48. The van der Waals surface area contributed by atoms with Crippen molar-refractivity contribution < 1.29 is 9.84 Å². The van der Waals surface area contributed by atoms with Crippen LogP contribution in [0, 0.1) is 18.8 Å². The minimum Gasteiger partial charge on any atom is -0.388 e. The highest BCUT2D eigenvalue weighted by atomic mass is 79.9. The maximum absolute atomic E-state index is 10.6. The van der Waals surface area contributed by atoms with Gasteiger partial charge in [-0.1, -0.05) is 38.8 Å². The first-order valence-corrected chi connectivity index (χ1v) is 7.80. The number of halogens is 2. The molecule has 3 atom stereocenters. The van der Waals surface area contributed by atoms with E-state index in [0.29, 0.717) is 5.92 Å². The lowest BCUT2D eigenvalue weighted by Crippen LogP contribution is -2.30. The molecule has 1 heterocycles. The van der Waals surface area contributed by atoms with Crippen molar-refractivity contribution in [2.75, 3.05) is 13.2 Å². The highest BCUT2D eigenvalue weighted by molar-refractivity contribution is 9.11. The number of aliphatic hydroxyl groups is 1. The van der Waals surface area contributed by atoms with Crippen LogP contribution in [0.4, 0.5) is 0 Å². The zero-order chi connectivity index (χ0) is 13.3. The Morgan fingerprint density at radius 1 is 1.33 bits per heavy atom. The van der Waals surface area contributed by atoms with Gasteiger partial charge in [0.1, 0.15) is 0 Å². The Balaban J connectivity index is 2.27. The molecule has 0 amide bonds. The fraction of sp³-hybridized carbons (Fsp3) is 0.571. The average molecular weight is 378 g/mol. The highest BCUT2D eigenvalue weighted by Gasteiger charge is 2.30. The molecule has 1 aliphatic heterocycles. The molecule has 2 rings (SSSR count). The minimum absolute atomic E-state index is 0.268. The van der Waals surface area contributed by atoms with E-state index in [-0.39, 0.29) is 5.92 Å². The number of aliphatic hydroxyl groups excluding tert-OH is 1. The van der Waals surface area contributed by atoms with E-state index >= 15 is 0 Å². The number of hydrogen-bond donors (Lipinski definition) is 1. The van der Waals surface area contributed by atoms with Crippen molar-refractivity contribution in [3.8, 4) is 0 Å². The van der Waals surface area contributed by atoms with E-state index in [1.807, 2.05) is 19.1 Å². The van der Waals surface area contributed by atoms with Crippen molar-refractivity contribution in [2.24, 2.45) is 11.8 Å². The Hall–Kier alpha value is 0.1000. The Morgan fingerprint density at radius 3 is 2.72 bits per heavy atom. The molecule has 1 N–H and O–H groups in total. The van der Waals surface area contributed by atoms with Crippen molar-refractivity contribution in [1.29, 1.82) is 0 Å². The van der Waals surface area contributed by atoms with Gasteiger partial charge in [0.25, 0.3) is 0 Å². The van der Waals surface area contributed by atoms with Gasteiger partial charge in [-0.25, -0.2) is 0 Å². The quantitative estimate of drug-likeness (QED) is 0.835. The summed E-state index contributed by atoms with van der Waals surface area (Å²) in [6.07, 6.45) is 0.482. The molecule has 1 aromatic rings. The molecule has 1 aliphatic rings. The van der Waals surface area contributed by atoms with E-state index in [2.05, 4.69) is 38.8 Å². The summed E-state index contributed by atoms with van der Waals surface area (Å²) in [5, 5.41) is 10.6. The van der Waals surface area contributed by atoms with Crippen LogP contribution < -0.4 is 0 Å². The molecule has 18 heavy (non-hydrogen) atoms. The van der Waals surface area contributed by atoms with Gasteiger partial charge < -0.3 is 9.84 Å². The molecule has 1 saturated heterocycles. The molecular formula is C14H18Br2O2. The van der Waals surface area contributed by atoms with Gasteiger partial charge in [0.05, 0.1) is 6.10 Å². The van der Waals surface area contributed by atoms with E-state index in [9.17, 15) is 5.11 Å². The lowest BCUT2D eigenvalue weighted by atomic mass is 9.82. The molecule has 0 aliphatic carbocycles. The summed E-state index contributed by atoms with van der Waals surface area (Å²) in [6.45, 7) is 5.68. The number of aryl methyl sites for hydroxylation is 1. The van der Waals surface area contributed by atoms with Crippen LogP contribution in [0.5, 0.6) is 0 Å². The topological polar surface area (TPSA) is 29.5 Å². The standard InChI is InChI=1S/C14H18Br2O2/c1-8-5-13(16)11(6-12(8)15)14(17)10-3-4-18-7-9(10)2/h5-6,9-10,14,17H,3-4,7H2,1-2H3. The van der Waals surface area contributed by atoms with E-state index in [1.165, 1.54) is 0 Å². The van der Waals surface area contributed by atoms with Gasteiger partial charge in [0.15, 0.2) is 0 Å². The van der Waals surface area contributed by atoms with Crippen LogP contribution in [0.2, 0.25) is 0 Å². The monoisotopic (exact) mass is 376 g/mol. The molecule has 0 radical (unpaired) electrons. The second kappa shape index (κ2) is 6.04. The van der Waals surface area contributed by atoms with E-state index in [1.54, 1.807) is 0 Å². The van der Waals surface area contributed by atoms with Crippen LogP contribution in [-0.2, 0) is 4.74 Å². The lowest BCUT2D eigenvalue weighted by Gasteiger charge is -2.33. The SMILES string of the molecule is Cc1cc(Br)c(C(O)C2CCOCC2C)cc1Br. The first kappa shape index (κ1) is 14.5. The first-order valence-electron chi connectivity index (χ1n) is 6.22. The Kier molecular flexibility index (Phi) is 4.86. The van der Waals surface area contributed by atoms with Crippen molar-refractivity contribution >= 4 is 31.9 Å². The Bertz CT molecular complexity index is 434. The van der Waals surface area contributed by atoms with Gasteiger partial charge in [-0.05, 0) is 48.4 Å². The molecule has 0 saturated carbocycles. The fourth-order valence-corrected chi connectivity index (χ4v) is 3.54. The van der Waals surface area contributed by atoms with Crippen LogP contribution in [0.15, 0.2) is 21.1 Å². The molecule has 4 heteroatoms. The molecule has 0 spiro atoms. The first-order chi connectivity index (χ1) is 8.50. The molecule has 1 fully saturated rings. The van der Waals surface area contributed by atoms with Crippen LogP contribution in [0.1, 0.15) is 30.6 Å². The third kappa shape index (κ3) is 2.98. The smallest absolute Gasteiger partial charge is 0.0833 e. The largest absolute Gasteiger partial charge is 0.388 e. The summed E-state index contributed by atoms with van der Waals surface area (Å²) in [5.74, 6) is 0.658. The summed E-state index contributed by atoms with van der Waals surface area (Å²) >= 11 is 7.09. The van der Waals surface area contributed by atoms with Crippen LogP contribution in [0.25, 0.3) is 0 Å². The molecule has 0 bridgehead atoms. The summed E-state index contributed by atoms with van der Waals surface area (Å²) in [5.41, 5.74) is 2.13. The molecule has 1 aromatic carbocycles. The van der Waals surface area contributed by atoms with Crippen LogP contribution in [-0.4, -0.2) is 18.3 Å². The van der Waals surface area contributed by atoms with E-state index in [4.69, 9.17) is 4.74 Å². The summed E-state index contributed by atoms with van der Waals surface area (Å²) in [6, 6.07) is 4.07. The molecule has 0 aromatic heterocycles. The maximum Gasteiger partial charge on any atom is 0.0833 e. The van der Waals surface area contributed by atoms with Gasteiger partial charge in [-0.15, -0.1) is 0 Å². The van der Waals surface area contributed by atoms with Gasteiger partial charge in [0, 0.05) is 22.2 Å². The van der Waals surface area contributed by atoms with Crippen LogP contribution >= 0.6 is 31.9 Å². The minimum atomic E-state index is -0.435. The highest BCUT2D eigenvalue weighted by Crippen LogP contribution is 2.38. The predicted molar refractivity (Wildman–Crippen MR) is 79.6 cm³/mol. The zero-order valence-electron chi connectivity index (χ0n) is 10.6. The predicted octanol–water partition coefficient (Wildman–Crippen LogP) is 4.23. The van der Waals surface area contributed by atoms with E-state index < -0.39 is 6.10 Å². The lowest BCUT2D eigenvalue weighted by molar-refractivity contribution is -0.0312. The summed E-state index contributed by atoms with van der Waals surface area (Å²) in [4.78, 5) is 0. The Labute approximate surface area is 125 Å². The third-order valence-electron chi connectivity index (χ3n) is 3.71. The van der Waals surface area contributed by atoms with Gasteiger partial charge >= 0.3 is 0 Å². The number of rotatable bonds is 2. The second-order valence-corrected chi connectivity index (χ2v) is 6.78. The third-order valence-corrected chi connectivity index (χ3v) is 5.25. The zero-order valence-corrected chi connectivity index (χ0v) is 13.8. The summed E-state index contributed by atoms with van der Waals surface area (Å²) < 4.78 is 7.46. The molecule has 3 unspecified atom stereocenters. The summed E-state index contributed by atoms with van der Waals surface area (Å²) in [7, 11) is 0. The molecular weight excluding hydrogens is 360 g/mol. The number of hydrogen-bond acceptors (Lipinski definition) is 2. The molecule has 2 nitrogen and oxygen atoms in total. The van der Waals surface area contributed by atoms with Crippen LogP contribution in [0.3, 0.4) is 0 Å². The van der Waals surface area contributed by atoms with Crippen molar-refractivity contribution in [3.05, 3.63) is 32.2 Å². The van der Waals surface area contributed by atoms with E-state index in [0.717, 1.165) is 39.7 Å². The Morgan fingerprint density at radius 2 is 2.06 bits per heavy atom. The van der Waals surface area contributed by atoms with Gasteiger partial charge in [-0.3, -0.25) is 0 Å².